The number of nitrogens with zero attached hydrogens (tertiary/aromatic N) is 4. The summed E-state index contributed by atoms with van der Waals surface area (Å²) in [5, 5.41) is 10.1. The van der Waals surface area contributed by atoms with Crippen LogP contribution in [0.3, 0.4) is 0 Å². The predicted octanol–water partition coefficient (Wildman–Crippen LogP) is 6.27. The van der Waals surface area contributed by atoms with Crippen molar-refractivity contribution in [1.82, 2.24) is 19.5 Å². The molecule has 1 aliphatic rings. The lowest BCUT2D eigenvalue weighted by Crippen LogP contribution is -2.13. The summed E-state index contributed by atoms with van der Waals surface area (Å²) in [4.78, 5) is 24.9. The van der Waals surface area contributed by atoms with E-state index in [2.05, 4.69) is 16.9 Å². The van der Waals surface area contributed by atoms with Crippen molar-refractivity contribution >= 4 is 40.3 Å². The molecule has 10 heteroatoms. The van der Waals surface area contributed by atoms with E-state index >= 15 is 0 Å². The van der Waals surface area contributed by atoms with Crippen molar-refractivity contribution in [2.45, 2.75) is 45.3 Å². The van der Waals surface area contributed by atoms with E-state index in [-0.39, 0.29) is 12.2 Å². The van der Waals surface area contributed by atoms with Crippen LogP contribution in [0.1, 0.15) is 38.7 Å². The molecule has 1 fully saturated rings. The maximum absolute atomic E-state index is 11.0. The van der Waals surface area contributed by atoms with Gasteiger partial charge in [0.1, 0.15) is 23.5 Å². The van der Waals surface area contributed by atoms with Crippen molar-refractivity contribution in [2.75, 3.05) is 6.61 Å². The van der Waals surface area contributed by atoms with Crippen LogP contribution in [0, 0.1) is 5.92 Å². The monoisotopic (exact) mass is 540 g/mol. The maximum Gasteiger partial charge on any atom is 0.306 e. The smallest absolute Gasteiger partial charge is 0.306 e. The Balaban J connectivity index is 1.52. The van der Waals surface area contributed by atoms with Crippen molar-refractivity contribution < 1.29 is 19.4 Å². The normalized spacial score (nSPS) is 14.9. The number of carboxylic acid groups (broad SMARTS) is 1. The second-order valence-corrected chi connectivity index (χ2v) is 10.4. The van der Waals surface area contributed by atoms with Gasteiger partial charge < -0.3 is 19.1 Å². The minimum atomic E-state index is -0.849. The summed E-state index contributed by atoms with van der Waals surface area (Å²) in [7, 11) is 0. The Labute approximate surface area is 224 Å². The van der Waals surface area contributed by atoms with Crippen molar-refractivity contribution in [3.63, 3.8) is 0 Å². The molecule has 8 nitrogen and oxygen atoms in total. The number of rotatable bonds is 10. The van der Waals surface area contributed by atoms with Gasteiger partial charge in [0.25, 0.3) is 0 Å². The van der Waals surface area contributed by atoms with Gasteiger partial charge in [-0.2, -0.15) is 4.98 Å². The second kappa shape index (κ2) is 10.2. The SMILES string of the molecule is C[C@H](CCOc1ccc(-c2nc3c(OC4(C)CC4)ncnc3n2Cc2cccc(Cl)c2)c(Cl)c1)C(=O)O. The molecule has 2 aromatic carbocycles. The first-order chi connectivity index (χ1) is 17.7. The molecule has 0 radical (unpaired) electrons. The highest BCUT2D eigenvalue weighted by atomic mass is 35.5. The molecule has 1 atom stereocenters. The van der Waals surface area contributed by atoms with Gasteiger partial charge in [-0.3, -0.25) is 4.79 Å². The van der Waals surface area contributed by atoms with Gasteiger partial charge in [-0.05, 0) is 62.1 Å². The highest BCUT2D eigenvalue weighted by molar-refractivity contribution is 6.33. The average molecular weight is 541 g/mol. The van der Waals surface area contributed by atoms with Crippen molar-refractivity contribution in [3.05, 3.63) is 64.4 Å². The van der Waals surface area contributed by atoms with Crippen LogP contribution in [0.25, 0.3) is 22.6 Å². The Hall–Kier alpha value is -3.36. The van der Waals surface area contributed by atoms with Crippen LogP contribution in [0.2, 0.25) is 10.0 Å². The zero-order valence-corrected chi connectivity index (χ0v) is 22.0. The Morgan fingerprint density at radius 3 is 2.70 bits per heavy atom. The van der Waals surface area contributed by atoms with Gasteiger partial charge in [0.05, 0.1) is 24.1 Å². The molecule has 0 saturated heterocycles. The van der Waals surface area contributed by atoms with Crippen LogP contribution >= 0.6 is 23.2 Å². The van der Waals surface area contributed by atoms with Gasteiger partial charge in [0, 0.05) is 10.6 Å². The third-order valence-corrected chi connectivity index (χ3v) is 7.00. The van der Waals surface area contributed by atoms with Gasteiger partial charge >= 0.3 is 5.97 Å². The fourth-order valence-corrected chi connectivity index (χ4v) is 4.39. The Morgan fingerprint density at radius 2 is 2.00 bits per heavy atom. The fraction of sp³-hybridized carbons (Fsp3) is 0.333. The number of hydrogen-bond acceptors (Lipinski definition) is 6. The lowest BCUT2D eigenvalue weighted by molar-refractivity contribution is -0.141. The summed E-state index contributed by atoms with van der Waals surface area (Å²) >= 11 is 13.0. The summed E-state index contributed by atoms with van der Waals surface area (Å²) in [6.45, 7) is 4.43. The number of carbonyl (C=O) groups is 1. The van der Waals surface area contributed by atoms with E-state index in [1.54, 1.807) is 19.1 Å². The molecule has 0 unspecified atom stereocenters. The molecule has 1 N–H and O–H groups in total. The number of halogens is 2. The number of carboxylic acids is 1. The number of aromatic nitrogens is 4. The zero-order chi connectivity index (χ0) is 26.2. The van der Waals surface area contributed by atoms with Gasteiger partial charge in [-0.15, -0.1) is 0 Å². The number of benzene rings is 2. The first-order valence-corrected chi connectivity index (χ1v) is 12.8. The number of aliphatic carboxylic acids is 1. The molecule has 0 spiro atoms. The lowest BCUT2D eigenvalue weighted by atomic mass is 10.1. The molecular weight excluding hydrogens is 515 g/mol. The molecule has 0 bridgehead atoms. The Bertz CT molecular complexity index is 1470. The van der Waals surface area contributed by atoms with Gasteiger partial charge in [-0.25, -0.2) is 9.97 Å². The van der Waals surface area contributed by atoms with Crippen LogP contribution in [-0.2, 0) is 11.3 Å². The molecule has 1 saturated carbocycles. The van der Waals surface area contributed by atoms with Gasteiger partial charge in [0.15, 0.2) is 11.2 Å². The summed E-state index contributed by atoms with van der Waals surface area (Å²) in [5.41, 5.74) is 2.63. The molecule has 4 aromatic rings. The number of hydrogen-bond donors (Lipinski definition) is 1. The van der Waals surface area contributed by atoms with Crippen LogP contribution in [0.4, 0.5) is 0 Å². The quantitative estimate of drug-likeness (QED) is 0.253. The summed E-state index contributed by atoms with van der Waals surface area (Å²) in [5.74, 6) is 0.264. The first kappa shape index (κ1) is 25.3. The molecule has 192 valence electrons. The highest BCUT2D eigenvalue weighted by Crippen LogP contribution is 2.41. The van der Waals surface area contributed by atoms with E-state index in [0.717, 1.165) is 18.4 Å². The molecule has 2 aromatic heterocycles. The molecule has 2 heterocycles. The third-order valence-electron chi connectivity index (χ3n) is 6.45. The summed E-state index contributed by atoms with van der Waals surface area (Å²) in [6, 6.07) is 13.0. The van der Waals surface area contributed by atoms with Crippen molar-refractivity contribution in [1.29, 1.82) is 0 Å². The average Bonchev–Trinajstić information content (AvgIpc) is 3.47. The maximum atomic E-state index is 11.0. The summed E-state index contributed by atoms with van der Waals surface area (Å²) < 4.78 is 13.9. The van der Waals surface area contributed by atoms with Crippen molar-refractivity contribution in [2.24, 2.45) is 5.92 Å². The van der Waals surface area contributed by atoms with Gasteiger partial charge in [0.2, 0.25) is 5.88 Å². The molecule has 5 rings (SSSR count). The second-order valence-electron chi connectivity index (χ2n) is 9.57. The fourth-order valence-electron chi connectivity index (χ4n) is 3.92. The number of imidazole rings is 1. The lowest BCUT2D eigenvalue weighted by Gasteiger charge is -2.13. The van der Waals surface area contributed by atoms with E-state index in [1.165, 1.54) is 6.33 Å². The minimum absolute atomic E-state index is 0.229. The standard InChI is InChI=1S/C27H26Cl2N4O4/c1-16(26(34)35)8-11-36-19-6-7-20(21(29)13-19)23-32-22-24(30-15-31-25(22)37-27(2)9-10-27)33(23)14-17-4-3-5-18(28)12-17/h3-7,12-13,15-16H,8-11,14H2,1-2H3,(H,34,35)/t16-/m1/s1. The molecule has 0 aliphatic heterocycles. The van der Waals surface area contributed by atoms with E-state index in [9.17, 15) is 4.79 Å². The Kier molecular flexibility index (Phi) is 6.96. The van der Waals surface area contributed by atoms with E-state index in [1.807, 2.05) is 34.9 Å². The highest BCUT2D eigenvalue weighted by Gasteiger charge is 2.41. The number of ether oxygens (including phenoxy) is 2. The molecular formula is C27H26Cl2N4O4. The first-order valence-electron chi connectivity index (χ1n) is 12.0. The largest absolute Gasteiger partial charge is 0.494 e. The van der Waals surface area contributed by atoms with Crippen LogP contribution in [-0.4, -0.2) is 42.8 Å². The number of fused-ring (bicyclic) bond motifs is 1. The topological polar surface area (TPSA) is 99.4 Å². The zero-order valence-electron chi connectivity index (χ0n) is 20.4. The van der Waals surface area contributed by atoms with Crippen LogP contribution in [0.5, 0.6) is 11.6 Å². The predicted molar refractivity (Wildman–Crippen MR) is 142 cm³/mol. The minimum Gasteiger partial charge on any atom is -0.494 e. The van der Waals surface area contributed by atoms with Gasteiger partial charge in [-0.1, -0.05) is 42.3 Å². The molecule has 37 heavy (non-hydrogen) atoms. The van der Waals surface area contributed by atoms with E-state index in [0.29, 0.717) is 57.2 Å². The van der Waals surface area contributed by atoms with Crippen molar-refractivity contribution in [3.8, 4) is 23.0 Å². The Morgan fingerprint density at radius 1 is 1.19 bits per heavy atom. The van der Waals surface area contributed by atoms with E-state index < -0.39 is 11.9 Å². The molecule has 0 amide bonds. The van der Waals surface area contributed by atoms with Crippen LogP contribution in [0.15, 0.2) is 48.8 Å². The van der Waals surface area contributed by atoms with Crippen LogP contribution < -0.4 is 9.47 Å². The van der Waals surface area contributed by atoms with E-state index in [4.69, 9.17) is 42.8 Å². The molecule has 1 aliphatic carbocycles. The summed E-state index contributed by atoms with van der Waals surface area (Å²) in [6.07, 6.45) is 3.81. The third kappa shape index (κ3) is 5.65.